The second-order valence-corrected chi connectivity index (χ2v) is 6.12. The fraction of sp³-hybridized carbons (Fsp3) is 0.0625. The molecule has 3 aromatic rings. The molecule has 6 nitrogen and oxygen atoms in total. The summed E-state index contributed by atoms with van der Waals surface area (Å²) in [6, 6.07) is 11.5. The van der Waals surface area contributed by atoms with E-state index in [1.807, 2.05) is 36.4 Å². The van der Waals surface area contributed by atoms with Crippen molar-refractivity contribution in [2.75, 3.05) is 6.54 Å². The number of para-hydroxylation sites is 1. The molecule has 0 atom stereocenters. The van der Waals surface area contributed by atoms with Crippen molar-refractivity contribution in [2.45, 2.75) is 0 Å². The van der Waals surface area contributed by atoms with Gasteiger partial charge in [-0.3, -0.25) is 5.41 Å². The highest BCUT2D eigenvalue weighted by molar-refractivity contribution is 7.19. The van der Waals surface area contributed by atoms with Crippen molar-refractivity contribution in [1.82, 2.24) is 15.0 Å². The van der Waals surface area contributed by atoms with Gasteiger partial charge in [0, 0.05) is 6.20 Å². The van der Waals surface area contributed by atoms with Gasteiger partial charge in [0.1, 0.15) is 17.3 Å². The Labute approximate surface area is 135 Å². The number of aliphatic hydroxyl groups is 1. The van der Waals surface area contributed by atoms with Crippen molar-refractivity contribution < 1.29 is 5.11 Å². The number of hydrogen-bond acceptors (Lipinski definition) is 5. The number of fused-ring (bicyclic) bond motifs is 1. The van der Waals surface area contributed by atoms with Gasteiger partial charge in [0.05, 0.1) is 27.7 Å². The lowest BCUT2D eigenvalue weighted by Gasteiger charge is -2.10. The van der Waals surface area contributed by atoms with E-state index in [0.717, 1.165) is 15.9 Å². The summed E-state index contributed by atoms with van der Waals surface area (Å²) in [5.41, 5.74) is 2.16. The minimum absolute atomic E-state index is 0.123. The number of benzene rings is 1. The van der Waals surface area contributed by atoms with Gasteiger partial charge in [-0.25, -0.2) is 9.99 Å². The Morgan fingerprint density at radius 3 is 2.96 bits per heavy atom. The molecule has 0 radical (unpaired) electrons. The molecule has 0 spiro atoms. The van der Waals surface area contributed by atoms with Crippen LogP contribution in [-0.4, -0.2) is 38.7 Å². The normalized spacial score (nSPS) is 15.5. The van der Waals surface area contributed by atoms with Gasteiger partial charge >= 0.3 is 0 Å². The highest BCUT2D eigenvalue weighted by atomic mass is 32.1. The molecule has 0 unspecified atom stereocenters. The first-order chi connectivity index (χ1) is 11.2. The van der Waals surface area contributed by atoms with E-state index in [-0.39, 0.29) is 18.1 Å². The lowest BCUT2D eigenvalue weighted by Crippen LogP contribution is -2.20. The highest BCUT2D eigenvalue weighted by Gasteiger charge is 2.30. The number of nitrogens with one attached hydrogen (secondary N) is 2. The van der Waals surface area contributed by atoms with Gasteiger partial charge in [-0.05, 0) is 24.3 Å². The number of nitrogens with zero attached hydrogens (tertiary/aromatic N) is 3. The van der Waals surface area contributed by atoms with Crippen molar-refractivity contribution in [1.29, 1.82) is 5.41 Å². The Balaban J connectivity index is 1.64. The third-order valence-electron chi connectivity index (χ3n) is 3.55. The molecule has 1 aliphatic heterocycles. The minimum Gasteiger partial charge on any atom is -0.509 e. The molecule has 7 heteroatoms. The molecule has 3 heterocycles. The SMILES string of the molecule is N=C1C(c2nc3ccccc3s2)=C(O)CN1/N=C/c1ccc[nH]1. The number of hydrazone groups is 1. The quantitative estimate of drug-likeness (QED) is 0.647. The molecule has 114 valence electrons. The van der Waals surface area contributed by atoms with Gasteiger partial charge in [0.15, 0.2) is 5.84 Å². The average Bonchev–Trinajstić information content (AvgIpc) is 3.24. The molecule has 1 aromatic carbocycles. The second-order valence-electron chi connectivity index (χ2n) is 5.08. The monoisotopic (exact) mass is 323 g/mol. The number of rotatable bonds is 3. The van der Waals surface area contributed by atoms with Crippen LogP contribution in [0, 0.1) is 5.41 Å². The van der Waals surface area contributed by atoms with Crippen LogP contribution >= 0.6 is 11.3 Å². The standard InChI is InChI=1S/C16H13N5OS/c17-15-14(16-20-11-5-1-2-6-13(11)23-16)12(22)9-21(15)19-8-10-4-3-7-18-10/h1-8,17-18,22H,9H2/b17-15?,19-8+. The van der Waals surface area contributed by atoms with Gasteiger partial charge in [-0.15, -0.1) is 11.3 Å². The largest absolute Gasteiger partial charge is 0.509 e. The zero-order chi connectivity index (χ0) is 15.8. The molecule has 23 heavy (non-hydrogen) atoms. The first-order valence-electron chi connectivity index (χ1n) is 7.04. The fourth-order valence-corrected chi connectivity index (χ4v) is 3.46. The van der Waals surface area contributed by atoms with Crippen LogP contribution in [-0.2, 0) is 0 Å². The number of thiazole rings is 1. The van der Waals surface area contributed by atoms with E-state index < -0.39 is 0 Å². The smallest absolute Gasteiger partial charge is 0.155 e. The highest BCUT2D eigenvalue weighted by Crippen LogP contribution is 2.33. The van der Waals surface area contributed by atoms with Crippen LogP contribution in [0.2, 0.25) is 0 Å². The molecular weight excluding hydrogens is 310 g/mol. The fourth-order valence-electron chi connectivity index (χ4n) is 2.42. The van der Waals surface area contributed by atoms with E-state index in [1.165, 1.54) is 16.3 Å². The predicted octanol–water partition coefficient (Wildman–Crippen LogP) is 3.22. The summed E-state index contributed by atoms with van der Waals surface area (Å²) in [6.07, 6.45) is 3.43. The van der Waals surface area contributed by atoms with Crippen LogP contribution < -0.4 is 0 Å². The summed E-state index contributed by atoms with van der Waals surface area (Å²) in [5.74, 6) is 0.280. The van der Waals surface area contributed by atoms with Crippen molar-refractivity contribution in [2.24, 2.45) is 5.10 Å². The lowest BCUT2D eigenvalue weighted by molar-refractivity contribution is 0.358. The van der Waals surface area contributed by atoms with Crippen molar-refractivity contribution in [3.63, 3.8) is 0 Å². The summed E-state index contributed by atoms with van der Waals surface area (Å²) < 4.78 is 1.03. The maximum atomic E-state index is 10.2. The zero-order valence-corrected chi connectivity index (χ0v) is 12.8. The second kappa shape index (κ2) is 5.36. The van der Waals surface area contributed by atoms with E-state index in [9.17, 15) is 5.11 Å². The summed E-state index contributed by atoms with van der Waals surface area (Å²) in [5, 5.41) is 24.9. The Kier molecular flexibility index (Phi) is 3.20. The van der Waals surface area contributed by atoms with Gasteiger partial charge in [-0.1, -0.05) is 12.1 Å². The molecule has 2 aromatic heterocycles. The molecule has 0 fully saturated rings. The Morgan fingerprint density at radius 2 is 2.17 bits per heavy atom. The first kappa shape index (κ1) is 13.7. The van der Waals surface area contributed by atoms with Crippen LogP contribution in [0.5, 0.6) is 0 Å². The van der Waals surface area contributed by atoms with Gasteiger partial charge < -0.3 is 10.1 Å². The summed E-state index contributed by atoms with van der Waals surface area (Å²) >= 11 is 1.47. The van der Waals surface area contributed by atoms with Crippen LogP contribution in [0.15, 0.2) is 53.5 Å². The lowest BCUT2D eigenvalue weighted by atomic mass is 10.2. The third kappa shape index (κ3) is 2.40. The number of H-pyrrole nitrogens is 1. The molecule has 0 saturated heterocycles. The van der Waals surface area contributed by atoms with Crippen molar-refractivity contribution in [3.05, 3.63) is 59.1 Å². The molecular formula is C16H13N5OS. The number of aliphatic hydroxyl groups excluding tert-OH is 1. The van der Waals surface area contributed by atoms with E-state index in [4.69, 9.17) is 5.41 Å². The van der Waals surface area contributed by atoms with Gasteiger partial charge in [0.2, 0.25) is 0 Å². The first-order valence-corrected chi connectivity index (χ1v) is 7.86. The topological polar surface area (TPSA) is 88.4 Å². The third-order valence-corrected chi connectivity index (χ3v) is 4.60. The molecule has 0 saturated carbocycles. The Bertz CT molecular complexity index is 905. The average molecular weight is 323 g/mol. The summed E-state index contributed by atoms with van der Waals surface area (Å²) in [7, 11) is 0. The van der Waals surface area contributed by atoms with Crippen LogP contribution in [0.25, 0.3) is 15.8 Å². The Morgan fingerprint density at radius 1 is 1.30 bits per heavy atom. The molecule has 0 aliphatic carbocycles. The van der Waals surface area contributed by atoms with E-state index in [2.05, 4.69) is 15.1 Å². The number of amidine groups is 1. The number of aromatic amines is 1. The van der Waals surface area contributed by atoms with Gasteiger partial charge in [-0.2, -0.15) is 5.10 Å². The van der Waals surface area contributed by atoms with Crippen LogP contribution in [0.4, 0.5) is 0 Å². The van der Waals surface area contributed by atoms with E-state index in [0.29, 0.717) is 10.6 Å². The van der Waals surface area contributed by atoms with Crippen molar-refractivity contribution in [3.8, 4) is 0 Å². The van der Waals surface area contributed by atoms with Crippen LogP contribution in [0.3, 0.4) is 0 Å². The summed E-state index contributed by atoms with van der Waals surface area (Å²) in [4.78, 5) is 7.53. The molecule has 1 aliphatic rings. The maximum Gasteiger partial charge on any atom is 0.155 e. The van der Waals surface area contributed by atoms with E-state index >= 15 is 0 Å². The van der Waals surface area contributed by atoms with Crippen molar-refractivity contribution >= 4 is 39.2 Å². The number of aromatic nitrogens is 2. The summed E-state index contributed by atoms with van der Waals surface area (Å²) in [6.45, 7) is 0.182. The van der Waals surface area contributed by atoms with E-state index in [1.54, 1.807) is 12.4 Å². The maximum absolute atomic E-state index is 10.2. The molecule has 4 rings (SSSR count). The zero-order valence-electron chi connectivity index (χ0n) is 12.0. The van der Waals surface area contributed by atoms with Gasteiger partial charge in [0.25, 0.3) is 0 Å². The Hall–Kier alpha value is -2.93. The van der Waals surface area contributed by atoms with Crippen LogP contribution in [0.1, 0.15) is 10.7 Å². The number of hydrogen-bond donors (Lipinski definition) is 3. The molecule has 3 N–H and O–H groups in total. The minimum atomic E-state index is 0.123. The predicted molar refractivity (Wildman–Crippen MR) is 92.0 cm³/mol. The molecule has 0 bridgehead atoms. The molecule has 0 amide bonds.